The van der Waals surface area contributed by atoms with Gasteiger partial charge in [-0.2, -0.15) is 13.2 Å². The highest BCUT2D eigenvalue weighted by Gasteiger charge is 2.32. The van der Waals surface area contributed by atoms with E-state index in [1.165, 1.54) is 17.0 Å². The molecule has 3 aromatic carbocycles. The van der Waals surface area contributed by atoms with Crippen LogP contribution >= 0.6 is 22.9 Å². The summed E-state index contributed by atoms with van der Waals surface area (Å²) in [5, 5.41) is 2.47. The summed E-state index contributed by atoms with van der Waals surface area (Å²) in [4.78, 5) is 33.2. The summed E-state index contributed by atoms with van der Waals surface area (Å²) in [5.74, 6) is -0.819. The van der Waals surface area contributed by atoms with Gasteiger partial charge >= 0.3 is 12.1 Å². The van der Waals surface area contributed by atoms with E-state index in [1.807, 2.05) is 36.4 Å². The zero-order valence-corrected chi connectivity index (χ0v) is 23.7. The molecule has 4 aromatic rings. The lowest BCUT2D eigenvalue weighted by Gasteiger charge is -2.22. The molecule has 1 heterocycles. The van der Waals surface area contributed by atoms with Gasteiger partial charge in [-0.15, -0.1) is 11.3 Å². The summed E-state index contributed by atoms with van der Waals surface area (Å²) in [6.45, 7) is 0.602. The molecule has 0 aliphatic carbocycles. The van der Waals surface area contributed by atoms with Crippen molar-refractivity contribution in [2.45, 2.75) is 25.6 Å². The van der Waals surface area contributed by atoms with Gasteiger partial charge in [-0.3, -0.25) is 19.4 Å². The van der Waals surface area contributed by atoms with Gasteiger partial charge in [0.2, 0.25) is 5.91 Å². The Morgan fingerprint density at radius 2 is 1.76 bits per heavy atom. The second-order valence-electron chi connectivity index (χ2n) is 9.29. The van der Waals surface area contributed by atoms with E-state index in [4.69, 9.17) is 16.3 Å². The highest BCUT2D eigenvalue weighted by atomic mass is 35.5. The van der Waals surface area contributed by atoms with E-state index < -0.39 is 23.6 Å². The third-order valence-electron chi connectivity index (χ3n) is 6.06. The molecule has 0 saturated heterocycles. The maximum Gasteiger partial charge on any atom is 0.416 e. The molecule has 214 valence electrons. The number of nitrogens with zero attached hydrogens (tertiary/aromatic N) is 3. The van der Waals surface area contributed by atoms with Crippen LogP contribution in [0.5, 0.6) is 0 Å². The van der Waals surface area contributed by atoms with Crippen molar-refractivity contribution in [2.24, 2.45) is 0 Å². The summed E-state index contributed by atoms with van der Waals surface area (Å²) in [6.07, 6.45) is -4.19. The molecule has 0 atom stereocenters. The first kappa shape index (κ1) is 30.2. The van der Waals surface area contributed by atoms with Gasteiger partial charge in [0.05, 0.1) is 23.5 Å². The van der Waals surface area contributed by atoms with Crippen LogP contribution in [0.25, 0.3) is 11.3 Å². The van der Waals surface area contributed by atoms with Crippen LogP contribution in [0.1, 0.15) is 24.0 Å². The Morgan fingerprint density at radius 3 is 2.49 bits per heavy atom. The van der Waals surface area contributed by atoms with Gasteiger partial charge in [-0.1, -0.05) is 60.1 Å². The standard InChI is InChI=1S/C30H27ClF3N3O3S/c1-36(18-28(39)40-19-21-8-3-2-4-9-21)15-7-14-27(38)37(25-13-6-11-23(17-25)30(32,33)34)29-35-26(20-41-29)22-10-5-12-24(31)16-22/h2-6,8-13,16-17,20H,7,14-15,18-19H2,1H3. The molecular weight excluding hydrogens is 575 g/mol. The molecule has 0 saturated carbocycles. The van der Waals surface area contributed by atoms with Crippen molar-refractivity contribution in [1.82, 2.24) is 9.88 Å². The van der Waals surface area contributed by atoms with Gasteiger partial charge in [0.1, 0.15) is 6.61 Å². The smallest absolute Gasteiger partial charge is 0.416 e. The Kier molecular flexibility index (Phi) is 10.1. The lowest BCUT2D eigenvalue weighted by molar-refractivity contribution is -0.146. The van der Waals surface area contributed by atoms with E-state index in [0.29, 0.717) is 23.7 Å². The zero-order valence-electron chi connectivity index (χ0n) is 22.1. The first-order valence-corrected chi connectivity index (χ1v) is 14.0. The highest BCUT2D eigenvalue weighted by Crippen LogP contribution is 2.37. The second kappa shape index (κ2) is 13.8. The molecule has 1 amide bonds. The molecule has 11 heteroatoms. The number of ether oxygens (including phenoxy) is 1. The quantitative estimate of drug-likeness (QED) is 0.166. The van der Waals surface area contributed by atoms with Crippen LogP contribution in [0.3, 0.4) is 0 Å². The molecule has 1 aromatic heterocycles. The van der Waals surface area contributed by atoms with Gasteiger partial charge in [-0.05, 0) is 55.9 Å². The van der Waals surface area contributed by atoms with Crippen LogP contribution in [-0.4, -0.2) is 41.9 Å². The lowest BCUT2D eigenvalue weighted by atomic mass is 10.1. The Morgan fingerprint density at radius 1 is 1.00 bits per heavy atom. The van der Waals surface area contributed by atoms with Crippen molar-refractivity contribution >= 4 is 45.6 Å². The van der Waals surface area contributed by atoms with Crippen molar-refractivity contribution in [3.63, 3.8) is 0 Å². The Bertz CT molecular complexity index is 1480. The van der Waals surface area contributed by atoms with E-state index in [9.17, 15) is 22.8 Å². The molecule has 0 bridgehead atoms. The number of rotatable bonds is 11. The highest BCUT2D eigenvalue weighted by molar-refractivity contribution is 7.14. The van der Waals surface area contributed by atoms with Crippen LogP contribution in [0.15, 0.2) is 84.2 Å². The van der Waals surface area contributed by atoms with E-state index in [0.717, 1.165) is 34.6 Å². The van der Waals surface area contributed by atoms with Crippen LogP contribution in [0, 0.1) is 0 Å². The van der Waals surface area contributed by atoms with E-state index >= 15 is 0 Å². The number of hydrogen-bond acceptors (Lipinski definition) is 6. The summed E-state index contributed by atoms with van der Waals surface area (Å²) >= 11 is 7.25. The number of esters is 1. The number of carbonyl (C=O) groups is 2. The van der Waals surface area contributed by atoms with Crippen molar-refractivity contribution in [2.75, 3.05) is 25.0 Å². The molecule has 0 unspecified atom stereocenters. The average molecular weight is 602 g/mol. The molecular formula is C30H27ClF3N3O3S. The Hall–Kier alpha value is -3.73. The number of amides is 1. The van der Waals surface area contributed by atoms with Crippen LogP contribution in [-0.2, 0) is 27.1 Å². The lowest BCUT2D eigenvalue weighted by Crippen LogP contribution is -2.30. The third kappa shape index (κ3) is 8.63. The predicted molar refractivity (Wildman–Crippen MR) is 154 cm³/mol. The molecule has 0 radical (unpaired) electrons. The number of aromatic nitrogens is 1. The number of benzene rings is 3. The number of alkyl halides is 3. The van der Waals surface area contributed by atoms with Gasteiger partial charge < -0.3 is 4.74 Å². The van der Waals surface area contributed by atoms with Gasteiger partial charge in [0, 0.05) is 22.4 Å². The largest absolute Gasteiger partial charge is 0.460 e. The SMILES string of the molecule is CN(CCCC(=O)N(c1cccc(C(F)(F)F)c1)c1nc(-c2cccc(Cl)c2)cs1)CC(=O)OCc1ccccc1. The third-order valence-corrected chi connectivity index (χ3v) is 7.12. The number of thiazole rings is 1. The summed E-state index contributed by atoms with van der Waals surface area (Å²) in [6, 6.07) is 20.9. The molecule has 4 rings (SSSR count). The molecule has 41 heavy (non-hydrogen) atoms. The first-order chi connectivity index (χ1) is 19.6. The van der Waals surface area contributed by atoms with E-state index in [1.54, 1.807) is 35.5 Å². The Labute approximate surface area is 245 Å². The van der Waals surface area contributed by atoms with Crippen LogP contribution in [0.4, 0.5) is 24.0 Å². The molecule has 0 spiro atoms. The van der Waals surface area contributed by atoms with Crippen molar-refractivity contribution < 1.29 is 27.5 Å². The molecule has 0 fully saturated rings. The summed E-state index contributed by atoms with van der Waals surface area (Å²) in [5.41, 5.74) is 1.34. The van der Waals surface area contributed by atoms with Gasteiger partial charge in [0.15, 0.2) is 5.13 Å². The van der Waals surface area contributed by atoms with Crippen LogP contribution in [0.2, 0.25) is 5.02 Å². The predicted octanol–water partition coefficient (Wildman–Crippen LogP) is 7.60. The molecule has 0 aliphatic rings. The maximum absolute atomic E-state index is 13.5. The fraction of sp³-hybridized carbons (Fsp3) is 0.233. The monoisotopic (exact) mass is 601 g/mol. The number of halogens is 4. The first-order valence-electron chi connectivity index (χ1n) is 12.7. The number of carbonyl (C=O) groups excluding carboxylic acids is 2. The maximum atomic E-state index is 13.5. The van der Waals surface area contributed by atoms with Crippen molar-refractivity contribution in [1.29, 1.82) is 0 Å². The molecule has 0 aliphatic heterocycles. The number of hydrogen-bond donors (Lipinski definition) is 0. The number of anilines is 2. The normalized spacial score (nSPS) is 11.5. The van der Waals surface area contributed by atoms with Crippen molar-refractivity contribution in [3.05, 3.63) is 100 Å². The topological polar surface area (TPSA) is 62.7 Å². The van der Waals surface area contributed by atoms with Gasteiger partial charge in [0.25, 0.3) is 0 Å². The summed E-state index contributed by atoms with van der Waals surface area (Å²) < 4.78 is 45.7. The minimum atomic E-state index is -4.57. The average Bonchev–Trinajstić information content (AvgIpc) is 3.42. The Balaban J connectivity index is 1.44. The fourth-order valence-electron chi connectivity index (χ4n) is 4.02. The van der Waals surface area contributed by atoms with Crippen LogP contribution < -0.4 is 4.90 Å². The van der Waals surface area contributed by atoms with Crippen molar-refractivity contribution in [3.8, 4) is 11.3 Å². The fourth-order valence-corrected chi connectivity index (χ4v) is 5.08. The minimum Gasteiger partial charge on any atom is -0.460 e. The van der Waals surface area contributed by atoms with E-state index in [2.05, 4.69) is 4.98 Å². The second-order valence-corrected chi connectivity index (χ2v) is 10.6. The minimum absolute atomic E-state index is 0.0196. The van der Waals surface area contributed by atoms with Gasteiger partial charge in [-0.25, -0.2) is 4.98 Å². The van der Waals surface area contributed by atoms with E-state index in [-0.39, 0.29) is 30.4 Å². The number of likely N-dealkylation sites (N-methyl/N-ethyl adjacent to an activating group) is 1. The molecule has 6 nitrogen and oxygen atoms in total. The molecule has 0 N–H and O–H groups in total. The summed E-state index contributed by atoms with van der Waals surface area (Å²) in [7, 11) is 1.73. The zero-order chi connectivity index (χ0) is 29.4.